The summed E-state index contributed by atoms with van der Waals surface area (Å²) in [4.78, 5) is 0. The maximum Gasteiger partial charge on any atom is 0.256 e. The van der Waals surface area contributed by atoms with Gasteiger partial charge in [-0.25, -0.2) is 9.13 Å². The molecule has 0 aromatic carbocycles. The highest BCUT2D eigenvalue weighted by atomic mass is 16.5. The van der Waals surface area contributed by atoms with E-state index in [1.807, 2.05) is 32.5 Å². The highest BCUT2D eigenvalue weighted by Gasteiger charge is 2.19. The van der Waals surface area contributed by atoms with E-state index in [0.29, 0.717) is 24.7 Å². The van der Waals surface area contributed by atoms with Crippen LogP contribution in [0.15, 0.2) is 18.7 Å². The molecule has 21 heavy (non-hydrogen) atoms. The molecule has 0 radical (unpaired) electrons. The first kappa shape index (κ1) is 13.9. The Hall–Kier alpha value is -2.02. The maximum absolute atomic E-state index is 8.89. The number of rotatable bonds is 6. The van der Waals surface area contributed by atoms with E-state index >= 15 is 0 Å². The molecule has 0 saturated carbocycles. The Kier molecular flexibility index (Phi) is 4.10. The highest BCUT2D eigenvalue weighted by molar-refractivity contribution is 5.53. The van der Waals surface area contributed by atoms with Crippen molar-refractivity contribution in [2.24, 2.45) is 0 Å². The second kappa shape index (κ2) is 6.17. The molecule has 2 aromatic rings. The summed E-state index contributed by atoms with van der Waals surface area (Å²) in [6.45, 7) is 2.92. The molecule has 0 bridgehead atoms. The number of aromatic nitrogens is 4. The van der Waals surface area contributed by atoms with Crippen molar-refractivity contribution in [3.8, 4) is 5.88 Å². The van der Waals surface area contributed by atoms with Gasteiger partial charge in [0.1, 0.15) is 37.8 Å². The molecule has 3 heterocycles. The summed E-state index contributed by atoms with van der Waals surface area (Å²) in [5.74, 6) is 0.558. The van der Waals surface area contributed by atoms with Crippen LogP contribution in [0.5, 0.6) is 5.88 Å². The lowest BCUT2D eigenvalue weighted by Gasteiger charge is -2.12. The molecule has 7 nitrogen and oxygen atoms in total. The second-order valence-corrected chi connectivity index (χ2v) is 5.31. The number of nitrogens with zero attached hydrogens (tertiary/aromatic N) is 4. The molecule has 1 aliphatic rings. The first-order chi connectivity index (χ1) is 10.3. The number of fused-ring (bicyclic) bond motifs is 1. The standard InChI is InChI=1S/C14H22N5O2/c15-13-12-3-1-2-4-19(12)16-14(13)21-10-8-18-6-5-17(11-18)7-9-20/h5-6,11,20H,1-4,7-10,15H2/q+1. The zero-order valence-corrected chi connectivity index (χ0v) is 12.1. The van der Waals surface area contributed by atoms with Crippen LogP contribution in [0, 0.1) is 0 Å². The summed E-state index contributed by atoms with van der Waals surface area (Å²) >= 11 is 0. The van der Waals surface area contributed by atoms with Crippen LogP contribution in [0.4, 0.5) is 5.69 Å². The van der Waals surface area contributed by atoms with Crippen molar-refractivity contribution in [3.05, 3.63) is 24.4 Å². The van der Waals surface area contributed by atoms with Gasteiger partial charge in [-0.15, -0.1) is 5.10 Å². The number of ether oxygens (including phenoxy) is 1. The molecule has 0 saturated heterocycles. The van der Waals surface area contributed by atoms with E-state index in [2.05, 4.69) is 5.10 Å². The monoisotopic (exact) mass is 292 g/mol. The molecule has 0 spiro atoms. The molecule has 1 aliphatic heterocycles. The van der Waals surface area contributed by atoms with E-state index in [-0.39, 0.29) is 6.61 Å². The molecular formula is C14H22N5O2+. The zero-order chi connectivity index (χ0) is 14.7. The molecule has 114 valence electrons. The summed E-state index contributed by atoms with van der Waals surface area (Å²) in [6.07, 6.45) is 9.15. The van der Waals surface area contributed by atoms with Gasteiger partial charge in [-0.05, 0) is 19.3 Å². The van der Waals surface area contributed by atoms with E-state index in [0.717, 1.165) is 31.6 Å². The molecule has 3 rings (SSSR count). The molecule has 7 heteroatoms. The van der Waals surface area contributed by atoms with Crippen molar-refractivity contribution in [3.63, 3.8) is 0 Å². The molecule has 0 fully saturated rings. The Morgan fingerprint density at radius 2 is 2.33 bits per heavy atom. The number of hydrogen-bond acceptors (Lipinski definition) is 4. The average Bonchev–Trinajstić information content (AvgIpc) is 3.06. The van der Waals surface area contributed by atoms with Crippen LogP contribution in [0.1, 0.15) is 18.5 Å². The lowest BCUT2D eigenvalue weighted by atomic mass is 10.1. The van der Waals surface area contributed by atoms with Gasteiger partial charge in [-0.1, -0.05) is 0 Å². The molecule has 3 N–H and O–H groups in total. The largest absolute Gasteiger partial charge is 0.471 e. The van der Waals surface area contributed by atoms with Crippen LogP contribution in [-0.4, -0.2) is 32.7 Å². The average molecular weight is 292 g/mol. The first-order valence-electron chi connectivity index (χ1n) is 7.41. The van der Waals surface area contributed by atoms with Gasteiger partial charge in [0.05, 0.1) is 12.3 Å². The number of aliphatic hydroxyl groups is 1. The van der Waals surface area contributed by atoms with Crippen molar-refractivity contribution in [2.75, 3.05) is 18.9 Å². The Balaban J connectivity index is 1.56. The normalized spacial score (nSPS) is 14.1. The summed E-state index contributed by atoms with van der Waals surface area (Å²) < 4.78 is 11.6. The van der Waals surface area contributed by atoms with E-state index < -0.39 is 0 Å². The number of nitrogen functional groups attached to an aromatic ring is 1. The number of anilines is 1. The minimum atomic E-state index is 0.141. The third-order valence-electron chi connectivity index (χ3n) is 3.79. The zero-order valence-electron chi connectivity index (χ0n) is 12.1. The number of nitrogens with two attached hydrogens (primary N) is 1. The van der Waals surface area contributed by atoms with Gasteiger partial charge in [0.2, 0.25) is 6.33 Å². The van der Waals surface area contributed by atoms with Crippen LogP contribution in [0.3, 0.4) is 0 Å². The first-order valence-corrected chi connectivity index (χ1v) is 7.41. The van der Waals surface area contributed by atoms with Crippen LogP contribution in [-0.2, 0) is 26.1 Å². The second-order valence-electron chi connectivity index (χ2n) is 5.31. The van der Waals surface area contributed by atoms with Crippen LogP contribution < -0.4 is 15.0 Å². The van der Waals surface area contributed by atoms with Gasteiger partial charge in [0.15, 0.2) is 0 Å². The van der Waals surface area contributed by atoms with Crippen molar-refractivity contribution >= 4 is 5.69 Å². The van der Waals surface area contributed by atoms with Crippen molar-refractivity contribution < 1.29 is 14.4 Å². The Morgan fingerprint density at radius 3 is 3.14 bits per heavy atom. The fraction of sp³-hybridized carbons (Fsp3) is 0.571. The summed E-state index contributed by atoms with van der Waals surface area (Å²) in [7, 11) is 0. The predicted octanol–water partition coefficient (Wildman–Crippen LogP) is -0.0381. The topological polar surface area (TPSA) is 82.1 Å². The Bertz CT molecular complexity index is 605. The minimum absolute atomic E-state index is 0.141. The fourth-order valence-electron chi connectivity index (χ4n) is 2.66. The van der Waals surface area contributed by atoms with Gasteiger partial charge in [0, 0.05) is 6.54 Å². The summed E-state index contributed by atoms with van der Waals surface area (Å²) in [5.41, 5.74) is 7.90. The smallest absolute Gasteiger partial charge is 0.256 e. The minimum Gasteiger partial charge on any atom is -0.471 e. The molecule has 0 amide bonds. The van der Waals surface area contributed by atoms with Crippen molar-refractivity contribution in [2.45, 2.75) is 38.9 Å². The third kappa shape index (κ3) is 3.02. The van der Waals surface area contributed by atoms with Gasteiger partial charge in [-0.2, -0.15) is 0 Å². The molecule has 0 unspecified atom stereocenters. The van der Waals surface area contributed by atoms with Gasteiger partial charge < -0.3 is 15.6 Å². The number of aryl methyl sites for hydroxylation is 1. The summed E-state index contributed by atoms with van der Waals surface area (Å²) in [5, 5.41) is 13.3. The van der Waals surface area contributed by atoms with Gasteiger partial charge >= 0.3 is 0 Å². The SMILES string of the molecule is Nc1c(OCCn2cc[n+](CCO)c2)nn2c1CCCC2. The highest BCUT2D eigenvalue weighted by Crippen LogP contribution is 2.28. The van der Waals surface area contributed by atoms with E-state index in [1.165, 1.54) is 6.42 Å². The van der Waals surface area contributed by atoms with E-state index in [4.69, 9.17) is 15.6 Å². The molecule has 0 atom stereocenters. The predicted molar refractivity (Wildman–Crippen MR) is 76.8 cm³/mol. The van der Waals surface area contributed by atoms with Crippen molar-refractivity contribution in [1.29, 1.82) is 0 Å². The van der Waals surface area contributed by atoms with Gasteiger partial charge in [0.25, 0.3) is 5.88 Å². The van der Waals surface area contributed by atoms with E-state index in [1.54, 1.807) is 0 Å². The number of imidazole rings is 1. The molecular weight excluding hydrogens is 270 g/mol. The van der Waals surface area contributed by atoms with Crippen LogP contribution >= 0.6 is 0 Å². The van der Waals surface area contributed by atoms with Crippen LogP contribution in [0.2, 0.25) is 0 Å². The van der Waals surface area contributed by atoms with Crippen molar-refractivity contribution in [1.82, 2.24) is 14.3 Å². The maximum atomic E-state index is 8.89. The van der Waals surface area contributed by atoms with Gasteiger partial charge in [-0.3, -0.25) is 4.68 Å². The lowest BCUT2D eigenvalue weighted by Crippen LogP contribution is -2.33. The number of aliphatic hydroxyl groups excluding tert-OH is 1. The number of hydrogen-bond donors (Lipinski definition) is 2. The van der Waals surface area contributed by atoms with E-state index in [9.17, 15) is 0 Å². The lowest BCUT2D eigenvalue weighted by molar-refractivity contribution is -0.697. The Morgan fingerprint density at radius 1 is 1.43 bits per heavy atom. The fourth-order valence-corrected chi connectivity index (χ4v) is 2.66. The summed E-state index contributed by atoms with van der Waals surface area (Å²) in [6, 6.07) is 0. The van der Waals surface area contributed by atoms with Crippen LogP contribution in [0.25, 0.3) is 0 Å². The quantitative estimate of drug-likeness (QED) is 0.732. The Labute approximate surface area is 123 Å². The molecule has 2 aromatic heterocycles. The molecule has 0 aliphatic carbocycles. The third-order valence-corrected chi connectivity index (χ3v) is 3.79.